The quantitative estimate of drug-likeness (QED) is 0.400. The molecule has 2 amide bonds. The van der Waals surface area contributed by atoms with Crippen LogP contribution < -0.4 is 10.6 Å². The summed E-state index contributed by atoms with van der Waals surface area (Å²) in [4.78, 5) is 32.7. The average molecular weight is 500 g/mol. The molecule has 4 aromatic heterocycles. The van der Waals surface area contributed by atoms with Crippen molar-refractivity contribution in [1.29, 1.82) is 0 Å². The second-order valence-corrected chi connectivity index (χ2v) is 9.84. The number of nitrogens with one attached hydrogen (secondary N) is 2. The lowest BCUT2D eigenvalue weighted by molar-refractivity contribution is 0.0945. The number of carbonyl (C=O) groups excluding carboxylic acids is 2. The number of aryl methyl sites for hydroxylation is 2. The maximum atomic E-state index is 13.1. The molecular weight excluding hydrogens is 470 g/mol. The average Bonchev–Trinajstić information content (AvgIpc) is 3.69. The number of fused-ring (bicyclic) bond motifs is 3. The first kappa shape index (κ1) is 23.3. The Hall–Kier alpha value is -4.12. The van der Waals surface area contributed by atoms with Gasteiger partial charge in [-0.15, -0.1) is 10.2 Å². The number of hydrogen-bond acceptors (Lipinski definition) is 7. The van der Waals surface area contributed by atoms with Crippen LogP contribution in [0.4, 0.5) is 5.69 Å². The summed E-state index contributed by atoms with van der Waals surface area (Å²) < 4.78 is 3.35. The van der Waals surface area contributed by atoms with Crippen LogP contribution in [0.25, 0.3) is 16.8 Å². The van der Waals surface area contributed by atoms with Crippen LogP contribution in [-0.4, -0.2) is 71.2 Å². The fourth-order valence-corrected chi connectivity index (χ4v) is 5.54. The summed E-state index contributed by atoms with van der Waals surface area (Å²) in [6.45, 7) is 3.24. The first-order valence-electron chi connectivity index (χ1n) is 12.6. The molecule has 2 fully saturated rings. The highest BCUT2D eigenvalue weighted by Gasteiger charge is 2.38. The normalized spacial score (nSPS) is 19.0. The minimum absolute atomic E-state index is 0.141. The summed E-state index contributed by atoms with van der Waals surface area (Å²) in [6, 6.07) is 6.75. The summed E-state index contributed by atoms with van der Waals surface area (Å²) in [6.07, 6.45) is 12.1. The van der Waals surface area contributed by atoms with E-state index in [-0.39, 0.29) is 11.7 Å². The van der Waals surface area contributed by atoms with Crippen LogP contribution in [0.15, 0.2) is 43.0 Å². The van der Waals surface area contributed by atoms with Gasteiger partial charge in [-0.1, -0.05) is 0 Å². The number of anilines is 1. The lowest BCUT2D eigenvalue weighted by atomic mass is 10.0. The van der Waals surface area contributed by atoms with Crippen molar-refractivity contribution < 1.29 is 9.59 Å². The van der Waals surface area contributed by atoms with Crippen LogP contribution in [0.1, 0.15) is 52.4 Å². The Morgan fingerprint density at radius 3 is 2.54 bits per heavy atom. The zero-order valence-corrected chi connectivity index (χ0v) is 20.9. The van der Waals surface area contributed by atoms with Crippen molar-refractivity contribution in [3.8, 4) is 11.1 Å². The van der Waals surface area contributed by atoms with E-state index in [1.807, 2.05) is 25.4 Å². The predicted molar refractivity (Wildman–Crippen MR) is 137 cm³/mol. The monoisotopic (exact) mass is 499 g/mol. The first-order valence-corrected chi connectivity index (χ1v) is 12.6. The molecule has 0 aliphatic carbocycles. The summed E-state index contributed by atoms with van der Waals surface area (Å²) in [5.41, 5.74) is 3.88. The maximum Gasteiger partial charge on any atom is 0.294 e. The van der Waals surface area contributed by atoms with Crippen molar-refractivity contribution in [3.05, 3.63) is 60.1 Å². The molecule has 2 N–H and O–H groups in total. The number of aromatic nitrogens is 6. The molecule has 6 rings (SSSR count). The molecule has 0 atom stereocenters. The van der Waals surface area contributed by atoms with Crippen LogP contribution in [0.5, 0.6) is 0 Å². The molecule has 2 aliphatic rings. The summed E-state index contributed by atoms with van der Waals surface area (Å²) in [5.74, 6) is -0.499. The molecule has 0 aromatic carbocycles. The first-order chi connectivity index (χ1) is 18.0. The molecule has 37 heavy (non-hydrogen) atoms. The number of carbonyl (C=O) groups is 2. The maximum absolute atomic E-state index is 13.1. The number of hydrogen-bond donors (Lipinski definition) is 2. The third-order valence-corrected chi connectivity index (χ3v) is 7.51. The Labute approximate surface area is 213 Å². The van der Waals surface area contributed by atoms with E-state index >= 15 is 0 Å². The molecule has 6 heterocycles. The summed E-state index contributed by atoms with van der Waals surface area (Å²) in [7, 11) is 1.86. The fourth-order valence-electron chi connectivity index (χ4n) is 5.54. The van der Waals surface area contributed by atoms with Gasteiger partial charge < -0.3 is 10.6 Å². The largest absolute Gasteiger partial charge is 0.351 e. The zero-order chi connectivity index (χ0) is 25.5. The van der Waals surface area contributed by atoms with E-state index in [0.717, 1.165) is 17.7 Å². The molecule has 4 aromatic rings. The van der Waals surface area contributed by atoms with Crippen LogP contribution in [0.3, 0.4) is 0 Å². The van der Waals surface area contributed by atoms with Gasteiger partial charge in [-0.25, -0.2) is 0 Å². The SMILES string of the molecule is Cc1ncc(C(=O)NCCN2C3CCC2CC3)cc1NC(=O)c1nnc2cc(-c3cnn(C)c3)ccn12. The van der Waals surface area contributed by atoms with Gasteiger partial charge in [-0.2, -0.15) is 5.10 Å². The van der Waals surface area contributed by atoms with E-state index in [4.69, 9.17) is 0 Å². The highest BCUT2D eigenvalue weighted by molar-refractivity contribution is 6.03. The van der Waals surface area contributed by atoms with E-state index in [0.29, 0.717) is 41.2 Å². The molecular formula is C26H29N9O2. The van der Waals surface area contributed by atoms with Gasteiger partial charge >= 0.3 is 0 Å². The van der Waals surface area contributed by atoms with Gasteiger partial charge in [0, 0.05) is 56.4 Å². The van der Waals surface area contributed by atoms with E-state index in [2.05, 4.69) is 35.8 Å². The fraction of sp³-hybridized carbons (Fsp3) is 0.385. The van der Waals surface area contributed by atoms with E-state index in [1.54, 1.807) is 34.5 Å². The van der Waals surface area contributed by atoms with Crippen LogP contribution in [-0.2, 0) is 7.05 Å². The van der Waals surface area contributed by atoms with Crippen molar-refractivity contribution in [2.45, 2.75) is 44.7 Å². The van der Waals surface area contributed by atoms with Gasteiger partial charge in [0.25, 0.3) is 11.8 Å². The van der Waals surface area contributed by atoms with Crippen molar-refractivity contribution >= 4 is 23.1 Å². The van der Waals surface area contributed by atoms with Gasteiger partial charge in [0.1, 0.15) is 0 Å². The molecule has 2 aliphatic heterocycles. The van der Waals surface area contributed by atoms with Crippen LogP contribution in [0.2, 0.25) is 0 Å². The third-order valence-electron chi connectivity index (χ3n) is 7.51. The van der Waals surface area contributed by atoms with Crippen molar-refractivity contribution in [3.63, 3.8) is 0 Å². The van der Waals surface area contributed by atoms with Crippen LogP contribution >= 0.6 is 0 Å². The van der Waals surface area contributed by atoms with E-state index in [1.165, 1.54) is 31.9 Å². The lowest BCUT2D eigenvalue weighted by Gasteiger charge is -2.21. The number of amides is 2. The summed E-state index contributed by atoms with van der Waals surface area (Å²) in [5, 5.41) is 18.3. The van der Waals surface area contributed by atoms with Gasteiger partial charge in [-0.3, -0.25) is 28.6 Å². The van der Waals surface area contributed by atoms with Gasteiger partial charge in [0.05, 0.1) is 23.1 Å². The topological polar surface area (TPSA) is 122 Å². The van der Waals surface area contributed by atoms with Crippen LogP contribution in [0, 0.1) is 6.92 Å². The minimum Gasteiger partial charge on any atom is -0.351 e. The second kappa shape index (κ2) is 9.40. The molecule has 190 valence electrons. The highest BCUT2D eigenvalue weighted by Crippen LogP contribution is 2.36. The molecule has 11 heteroatoms. The van der Waals surface area contributed by atoms with Gasteiger partial charge in [-0.05, 0) is 56.4 Å². The van der Waals surface area contributed by atoms with Gasteiger partial charge in [0.2, 0.25) is 5.82 Å². The van der Waals surface area contributed by atoms with Crippen molar-refractivity contribution in [1.82, 2.24) is 39.6 Å². The molecule has 0 unspecified atom stereocenters. The van der Waals surface area contributed by atoms with E-state index in [9.17, 15) is 9.59 Å². The zero-order valence-electron chi connectivity index (χ0n) is 20.9. The number of pyridine rings is 2. The molecule has 0 spiro atoms. The second-order valence-electron chi connectivity index (χ2n) is 9.84. The molecule has 2 saturated heterocycles. The molecule has 0 radical (unpaired) electrons. The predicted octanol–water partition coefficient (Wildman–Crippen LogP) is 2.44. The van der Waals surface area contributed by atoms with Gasteiger partial charge in [0.15, 0.2) is 5.65 Å². The highest BCUT2D eigenvalue weighted by atomic mass is 16.2. The minimum atomic E-state index is -0.436. The number of rotatable bonds is 7. The Kier molecular flexibility index (Phi) is 5.91. The Bertz CT molecular complexity index is 1470. The molecule has 2 bridgehead atoms. The Balaban J connectivity index is 1.13. The lowest BCUT2D eigenvalue weighted by Crippen LogP contribution is -2.37. The molecule has 11 nitrogen and oxygen atoms in total. The van der Waals surface area contributed by atoms with Crippen molar-refractivity contribution in [2.24, 2.45) is 7.05 Å². The molecule has 0 saturated carbocycles. The summed E-state index contributed by atoms with van der Waals surface area (Å²) >= 11 is 0. The number of nitrogens with zero attached hydrogens (tertiary/aromatic N) is 7. The third kappa shape index (κ3) is 4.46. The Morgan fingerprint density at radius 2 is 1.81 bits per heavy atom. The Morgan fingerprint density at radius 1 is 1.03 bits per heavy atom. The van der Waals surface area contributed by atoms with E-state index < -0.39 is 5.91 Å². The smallest absolute Gasteiger partial charge is 0.294 e. The standard InChI is InChI=1S/C26H29N9O2/c1-16-22(11-18(13-28-16)25(36)27-8-10-34-20-3-4-21(34)6-5-20)30-26(37)24-32-31-23-12-17(7-9-35(23)24)19-14-29-33(2)15-19/h7,9,11-15,20-21H,3-6,8,10H2,1-2H3,(H,27,36)(H,30,37). The van der Waals surface area contributed by atoms with Crippen molar-refractivity contribution in [2.75, 3.05) is 18.4 Å².